The van der Waals surface area contributed by atoms with Gasteiger partial charge in [0.25, 0.3) is 11.8 Å². The number of hydrogen-bond acceptors (Lipinski definition) is 4. The van der Waals surface area contributed by atoms with E-state index in [0.29, 0.717) is 22.6 Å². The van der Waals surface area contributed by atoms with E-state index in [-0.39, 0.29) is 5.91 Å². The van der Waals surface area contributed by atoms with Crippen LogP contribution in [0.3, 0.4) is 0 Å². The van der Waals surface area contributed by atoms with Crippen molar-refractivity contribution >= 4 is 17.8 Å². The fourth-order valence-corrected chi connectivity index (χ4v) is 3.48. The predicted molar refractivity (Wildman–Crippen MR) is 105 cm³/mol. The number of amides is 2. The second-order valence-electron chi connectivity index (χ2n) is 6.93. The summed E-state index contributed by atoms with van der Waals surface area (Å²) in [4.78, 5) is 35.8. The Morgan fingerprint density at radius 3 is 1.71 bits per heavy atom. The summed E-state index contributed by atoms with van der Waals surface area (Å²) < 4.78 is 4.62. The molecule has 0 atom stereocenters. The van der Waals surface area contributed by atoms with E-state index in [1.54, 1.807) is 12.1 Å². The van der Waals surface area contributed by atoms with E-state index in [2.05, 4.69) is 15.6 Å². The highest BCUT2D eigenvalue weighted by Crippen LogP contribution is 2.32. The molecule has 0 bridgehead atoms. The maximum Gasteiger partial charge on any atom is 0.337 e. The molecule has 3 rings (SSSR count). The topological polar surface area (TPSA) is 84.5 Å². The number of rotatable bonds is 4. The molecule has 6 heteroatoms. The molecule has 1 saturated carbocycles. The van der Waals surface area contributed by atoms with Crippen molar-refractivity contribution < 1.29 is 19.1 Å². The minimum Gasteiger partial charge on any atom is -0.465 e. The lowest BCUT2D eigenvalue weighted by Crippen LogP contribution is -2.41. The molecular formula is C22H24N2O4. The van der Waals surface area contributed by atoms with Gasteiger partial charge in [-0.3, -0.25) is 20.4 Å². The lowest BCUT2D eigenvalue weighted by molar-refractivity contribution is 0.0600. The minimum absolute atomic E-state index is 0.320. The molecule has 6 nitrogen and oxygen atoms in total. The van der Waals surface area contributed by atoms with Crippen LogP contribution in [-0.2, 0) is 4.74 Å². The number of benzene rings is 2. The molecular weight excluding hydrogens is 356 g/mol. The average molecular weight is 380 g/mol. The second kappa shape index (κ2) is 9.17. The van der Waals surface area contributed by atoms with Crippen molar-refractivity contribution in [1.29, 1.82) is 0 Å². The minimum atomic E-state index is -0.475. The number of hydrazine groups is 1. The van der Waals surface area contributed by atoms with E-state index in [1.807, 2.05) is 12.1 Å². The SMILES string of the molecule is COC(=O)c1ccc(C(=O)NNC(=O)c2ccc(C3CCCCC3)cc2)cc1. The number of carbonyl (C=O) groups excluding carboxylic acids is 3. The Balaban J connectivity index is 1.54. The highest BCUT2D eigenvalue weighted by Gasteiger charge is 2.16. The highest BCUT2D eigenvalue weighted by atomic mass is 16.5. The third-order valence-corrected chi connectivity index (χ3v) is 5.11. The van der Waals surface area contributed by atoms with Crippen LogP contribution in [0.5, 0.6) is 0 Å². The van der Waals surface area contributed by atoms with Crippen LogP contribution < -0.4 is 10.9 Å². The highest BCUT2D eigenvalue weighted by molar-refractivity contribution is 5.99. The fourth-order valence-electron chi connectivity index (χ4n) is 3.48. The van der Waals surface area contributed by atoms with Gasteiger partial charge in [0.15, 0.2) is 0 Å². The zero-order chi connectivity index (χ0) is 19.9. The van der Waals surface area contributed by atoms with Gasteiger partial charge in [0.1, 0.15) is 0 Å². The Kier molecular flexibility index (Phi) is 6.42. The first-order valence-electron chi connectivity index (χ1n) is 9.47. The van der Waals surface area contributed by atoms with Gasteiger partial charge in [-0.2, -0.15) is 0 Å². The molecule has 2 N–H and O–H groups in total. The van der Waals surface area contributed by atoms with Crippen molar-refractivity contribution in [2.24, 2.45) is 0 Å². The van der Waals surface area contributed by atoms with E-state index in [1.165, 1.54) is 69.0 Å². The molecule has 1 fully saturated rings. The van der Waals surface area contributed by atoms with E-state index >= 15 is 0 Å². The average Bonchev–Trinajstić information content (AvgIpc) is 2.77. The van der Waals surface area contributed by atoms with E-state index in [4.69, 9.17) is 0 Å². The molecule has 146 valence electrons. The molecule has 0 radical (unpaired) electrons. The summed E-state index contributed by atoms with van der Waals surface area (Å²) in [5, 5.41) is 0. The maximum atomic E-state index is 12.3. The molecule has 28 heavy (non-hydrogen) atoms. The normalized spacial score (nSPS) is 14.2. The molecule has 0 heterocycles. The van der Waals surface area contributed by atoms with E-state index < -0.39 is 11.9 Å². The van der Waals surface area contributed by atoms with Crippen LogP contribution in [0.1, 0.15) is 74.7 Å². The molecule has 0 spiro atoms. The van der Waals surface area contributed by atoms with Crippen molar-refractivity contribution in [3.05, 3.63) is 70.8 Å². The number of carbonyl (C=O) groups is 3. The van der Waals surface area contributed by atoms with Crippen LogP contribution in [-0.4, -0.2) is 24.9 Å². The Labute approximate surface area is 164 Å². The summed E-state index contributed by atoms with van der Waals surface area (Å²) in [6.45, 7) is 0. The molecule has 0 aliphatic heterocycles. The Morgan fingerprint density at radius 1 is 0.750 bits per heavy atom. The molecule has 0 aromatic heterocycles. The zero-order valence-electron chi connectivity index (χ0n) is 15.9. The monoisotopic (exact) mass is 380 g/mol. The Hall–Kier alpha value is -3.15. The first-order valence-corrected chi connectivity index (χ1v) is 9.47. The number of esters is 1. The van der Waals surface area contributed by atoms with Gasteiger partial charge in [-0.25, -0.2) is 4.79 Å². The van der Waals surface area contributed by atoms with Gasteiger partial charge in [-0.05, 0) is 60.7 Å². The second-order valence-corrected chi connectivity index (χ2v) is 6.93. The predicted octanol–water partition coefficient (Wildman–Crippen LogP) is 3.60. The molecule has 1 aliphatic rings. The van der Waals surface area contributed by atoms with Crippen molar-refractivity contribution in [3.63, 3.8) is 0 Å². The van der Waals surface area contributed by atoms with Crippen molar-refractivity contribution in [3.8, 4) is 0 Å². The summed E-state index contributed by atoms with van der Waals surface area (Å²) >= 11 is 0. The van der Waals surface area contributed by atoms with Gasteiger partial charge in [0, 0.05) is 11.1 Å². The number of nitrogens with one attached hydrogen (secondary N) is 2. The Morgan fingerprint density at radius 2 is 1.21 bits per heavy atom. The van der Waals surface area contributed by atoms with Crippen molar-refractivity contribution in [2.75, 3.05) is 7.11 Å². The van der Waals surface area contributed by atoms with Gasteiger partial charge >= 0.3 is 5.97 Å². The lowest BCUT2D eigenvalue weighted by atomic mass is 9.84. The standard InChI is InChI=1S/C22H24N2O4/c1-28-22(27)19-13-11-18(12-14-19)21(26)24-23-20(25)17-9-7-16(8-10-17)15-5-3-2-4-6-15/h7-15H,2-6H2,1H3,(H,23,25)(H,24,26). The van der Waals surface area contributed by atoms with E-state index in [9.17, 15) is 14.4 Å². The number of methoxy groups -OCH3 is 1. The maximum absolute atomic E-state index is 12.3. The summed E-state index contributed by atoms with van der Waals surface area (Å²) in [5.41, 5.74) is 7.22. The van der Waals surface area contributed by atoms with Gasteiger partial charge in [-0.15, -0.1) is 0 Å². The largest absolute Gasteiger partial charge is 0.465 e. The van der Waals surface area contributed by atoms with Gasteiger partial charge in [0.2, 0.25) is 0 Å². The van der Waals surface area contributed by atoms with Crippen molar-refractivity contribution in [2.45, 2.75) is 38.0 Å². The fraction of sp³-hybridized carbons (Fsp3) is 0.318. The lowest BCUT2D eigenvalue weighted by Gasteiger charge is -2.22. The molecule has 2 aromatic rings. The molecule has 0 unspecified atom stereocenters. The van der Waals surface area contributed by atoms with Crippen LogP contribution in [0.15, 0.2) is 48.5 Å². The Bertz CT molecular complexity index is 838. The summed E-state index contributed by atoms with van der Waals surface area (Å²) in [7, 11) is 1.29. The number of hydrogen-bond donors (Lipinski definition) is 2. The molecule has 1 aliphatic carbocycles. The summed E-state index contributed by atoms with van der Waals surface area (Å²) in [5.74, 6) is -0.742. The quantitative estimate of drug-likeness (QED) is 0.627. The van der Waals surface area contributed by atoms with Crippen LogP contribution in [0.2, 0.25) is 0 Å². The molecule has 2 amide bonds. The smallest absolute Gasteiger partial charge is 0.337 e. The van der Waals surface area contributed by atoms with Gasteiger partial charge in [-0.1, -0.05) is 31.4 Å². The van der Waals surface area contributed by atoms with Crippen molar-refractivity contribution in [1.82, 2.24) is 10.9 Å². The first kappa shape index (κ1) is 19.6. The van der Waals surface area contributed by atoms with Crippen LogP contribution >= 0.6 is 0 Å². The first-order chi connectivity index (χ1) is 13.6. The molecule has 0 saturated heterocycles. The third-order valence-electron chi connectivity index (χ3n) is 5.11. The van der Waals surface area contributed by atoms with E-state index in [0.717, 1.165) is 0 Å². The number of ether oxygens (including phenoxy) is 1. The van der Waals surface area contributed by atoms with Crippen LogP contribution in [0, 0.1) is 0 Å². The van der Waals surface area contributed by atoms with Gasteiger partial charge in [0.05, 0.1) is 12.7 Å². The van der Waals surface area contributed by atoms with Crippen LogP contribution in [0.4, 0.5) is 0 Å². The third kappa shape index (κ3) is 4.76. The zero-order valence-corrected chi connectivity index (χ0v) is 15.9. The van der Waals surface area contributed by atoms with Crippen LogP contribution in [0.25, 0.3) is 0 Å². The summed E-state index contributed by atoms with van der Waals surface area (Å²) in [6, 6.07) is 13.5. The molecule has 2 aromatic carbocycles. The van der Waals surface area contributed by atoms with Gasteiger partial charge < -0.3 is 4.74 Å². The summed E-state index contributed by atoms with van der Waals surface area (Å²) in [6.07, 6.45) is 6.24.